The molecule has 1 aliphatic rings. The third kappa shape index (κ3) is 5.47. The second-order valence-electron chi connectivity index (χ2n) is 8.14. The van der Waals surface area contributed by atoms with Crippen molar-refractivity contribution in [3.63, 3.8) is 0 Å². The smallest absolute Gasteiger partial charge is 0.222 e. The Kier molecular flexibility index (Phi) is 7.19. The van der Waals surface area contributed by atoms with Gasteiger partial charge in [-0.25, -0.2) is 13.4 Å². The second-order valence-corrected chi connectivity index (χ2v) is 11.3. The van der Waals surface area contributed by atoms with Crippen molar-refractivity contribution in [2.75, 3.05) is 43.4 Å². The lowest BCUT2D eigenvalue weighted by atomic mass is 10.2. The first-order valence-corrected chi connectivity index (χ1v) is 13.7. The van der Waals surface area contributed by atoms with E-state index in [4.69, 9.17) is 9.72 Å². The van der Waals surface area contributed by atoms with Crippen LogP contribution in [0.3, 0.4) is 0 Å². The number of aryl methyl sites for hydroxylation is 1. The number of carbonyl (C=O) groups is 1. The van der Waals surface area contributed by atoms with Gasteiger partial charge < -0.3 is 14.5 Å². The number of carbonyl (C=O) groups excluding carboxylic acids is 1. The molecule has 9 heteroatoms. The lowest BCUT2D eigenvalue weighted by Crippen LogP contribution is -2.48. The van der Waals surface area contributed by atoms with Crippen LogP contribution in [0.2, 0.25) is 0 Å². The lowest BCUT2D eigenvalue weighted by Gasteiger charge is -2.34. The molecule has 7 nitrogen and oxygen atoms in total. The van der Waals surface area contributed by atoms with E-state index in [0.29, 0.717) is 44.1 Å². The van der Waals surface area contributed by atoms with Gasteiger partial charge in [-0.2, -0.15) is 0 Å². The number of para-hydroxylation sites is 1. The number of thiazole rings is 1. The molecule has 1 aromatic heterocycles. The van der Waals surface area contributed by atoms with Crippen molar-refractivity contribution in [2.45, 2.75) is 31.6 Å². The number of sulfone groups is 1. The molecular weight excluding hydrogens is 458 g/mol. The van der Waals surface area contributed by atoms with Gasteiger partial charge in [0.05, 0.1) is 22.0 Å². The van der Waals surface area contributed by atoms with Crippen molar-refractivity contribution in [2.24, 2.45) is 0 Å². The van der Waals surface area contributed by atoms with Crippen LogP contribution in [0.25, 0.3) is 10.2 Å². The second kappa shape index (κ2) is 10.1. The molecule has 3 aromatic rings. The minimum absolute atomic E-state index is 0.0108. The van der Waals surface area contributed by atoms with Crippen LogP contribution in [-0.2, 0) is 14.6 Å². The number of nitrogens with zero attached hydrogens (tertiary/aromatic N) is 3. The molecule has 0 bridgehead atoms. The Bertz CT molecular complexity index is 1210. The first-order valence-electron chi connectivity index (χ1n) is 11.2. The first-order chi connectivity index (χ1) is 15.9. The molecule has 0 aliphatic carbocycles. The van der Waals surface area contributed by atoms with Crippen molar-refractivity contribution in [1.82, 2.24) is 9.88 Å². The number of fused-ring (bicyclic) bond motifs is 1. The highest BCUT2D eigenvalue weighted by Crippen LogP contribution is 2.34. The van der Waals surface area contributed by atoms with Gasteiger partial charge in [0.15, 0.2) is 15.0 Å². The van der Waals surface area contributed by atoms with E-state index in [0.717, 1.165) is 26.7 Å². The Labute approximate surface area is 198 Å². The van der Waals surface area contributed by atoms with Gasteiger partial charge in [0.2, 0.25) is 5.91 Å². The number of benzene rings is 2. The molecule has 0 radical (unpaired) electrons. The largest absolute Gasteiger partial charge is 0.492 e. The van der Waals surface area contributed by atoms with E-state index in [1.54, 1.807) is 35.6 Å². The van der Waals surface area contributed by atoms with E-state index in [-0.39, 0.29) is 18.1 Å². The lowest BCUT2D eigenvalue weighted by molar-refractivity contribution is -0.131. The molecule has 0 atom stereocenters. The Morgan fingerprint density at radius 1 is 1.09 bits per heavy atom. The molecule has 2 heterocycles. The summed E-state index contributed by atoms with van der Waals surface area (Å²) in [7, 11) is -3.36. The molecule has 4 rings (SSSR count). The Balaban J connectivity index is 1.29. The van der Waals surface area contributed by atoms with Crippen LogP contribution in [0, 0.1) is 6.92 Å². The molecule has 1 aliphatic heterocycles. The minimum atomic E-state index is -3.36. The summed E-state index contributed by atoms with van der Waals surface area (Å²) >= 11 is 1.63. The van der Waals surface area contributed by atoms with Crippen LogP contribution in [0.4, 0.5) is 5.13 Å². The molecule has 0 spiro atoms. The maximum absolute atomic E-state index is 12.6. The zero-order valence-electron chi connectivity index (χ0n) is 19.0. The minimum Gasteiger partial charge on any atom is -0.492 e. The van der Waals surface area contributed by atoms with E-state index in [1.807, 2.05) is 36.9 Å². The van der Waals surface area contributed by atoms with Crippen LogP contribution in [0.15, 0.2) is 47.4 Å². The monoisotopic (exact) mass is 487 g/mol. The number of anilines is 1. The van der Waals surface area contributed by atoms with E-state index in [1.165, 1.54) is 0 Å². The molecule has 1 saturated heterocycles. The van der Waals surface area contributed by atoms with Gasteiger partial charge in [0.25, 0.3) is 0 Å². The average molecular weight is 488 g/mol. The van der Waals surface area contributed by atoms with Crippen molar-refractivity contribution < 1.29 is 17.9 Å². The number of hydrogen-bond donors (Lipinski definition) is 0. The van der Waals surface area contributed by atoms with Crippen molar-refractivity contribution >= 4 is 42.4 Å². The van der Waals surface area contributed by atoms with Crippen LogP contribution in [-0.4, -0.2) is 62.7 Å². The highest BCUT2D eigenvalue weighted by atomic mass is 32.2. The molecule has 1 fully saturated rings. The standard InChI is InChI=1S/C24H29N3O4S2/c1-3-31-20-6-4-7-21-23(20)25-24(32-21)27-15-13-26(14-16-27)22(28)8-5-17-33(29,30)19-11-9-18(2)10-12-19/h4,6-7,9-12H,3,5,8,13-17H2,1-2H3. The van der Waals surface area contributed by atoms with Crippen molar-refractivity contribution in [3.05, 3.63) is 48.0 Å². The molecule has 33 heavy (non-hydrogen) atoms. The predicted molar refractivity (Wildman–Crippen MR) is 132 cm³/mol. The van der Waals surface area contributed by atoms with E-state index >= 15 is 0 Å². The van der Waals surface area contributed by atoms with E-state index in [9.17, 15) is 13.2 Å². The summed E-state index contributed by atoms with van der Waals surface area (Å²) < 4.78 is 31.8. The van der Waals surface area contributed by atoms with E-state index in [2.05, 4.69) is 4.90 Å². The van der Waals surface area contributed by atoms with Crippen LogP contribution in [0.1, 0.15) is 25.3 Å². The summed E-state index contributed by atoms with van der Waals surface area (Å²) in [5.41, 5.74) is 1.90. The number of rotatable bonds is 8. The number of hydrogen-bond acceptors (Lipinski definition) is 7. The molecule has 2 aromatic carbocycles. The Hall–Kier alpha value is -2.65. The quantitative estimate of drug-likeness (QED) is 0.479. The zero-order valence-corrected chi connectivity index (χ0v) is 20.6. The Morgan fingerprint density at radius 3 is 2.52 bits per heavy atom. The van der Waals surface area contributed by atoms with Gasteiger partial charge in [-0.05, 0) is 44.5 Å². The third-order valence-electron chi connectivity index (χ3n) is 5.76. The number of aromatic nitrogens is 1. The molecule has 1 amide bonds. The van der Waals surface area contributed by atoms with Gasteiger partial charge in [-0.3, -0.25) is 4.79 Å². The summed E-state index contributed by atoms with van der Waals surface area (Å²) in [5.74, 6) is 0.791. The topological polar surface area (TPSA) is 79.8 Å². The van der Waals surface area contributed by atoms with Gasteiger partial charge >= 0.3 is 0 Å². The molecule has 0 saturated carbocycles. The van der Waals surface area contributed by atoms with Gasteiger partial charge in [-0.15, -0.1) is 0 Å². The summed E-state index contributed by atoms with van der Waals surface area (Å²) in [6.07, 6.45) is 0.567. The fraction of sp³-hybridized carbons (Fsp3) is 0.417. The average Bonchev–Trinajstić information content (AvgIpc) is 3.25. The number of ether oxygens (including phenoxy) is 1. The zero-order chi connectivity index (χ0) is 23.4. The highest BCUT2D eigenvalue weighted by molar-refractivity contribution is 7.91. The number of piperazine rings is 1. The van der Waals surface area contributed by atoms with Crippen molar-refractivity contribution in [1.29, 1.82) is 0 Å². The first kappa shape index (κ1) is 23.5. The Morgan fingerprint density at radius 2 is 1.82 bits per heavy atom. The normalized spacial score (nSPS) is 14.6. The molecular formula is C24H29N3O4S2. The van der Waals surface area contributed by atoms with E-state index < -0.39 is 9.84 Å². The summed E-state index contributed by atoms with van der Waals surface area (Å²) in [5, 5.41) is 0.938. The predicted octanol–water partition coefficient (Wildman–Crippen LogP) is 3.91. The highest BCUT2D eigenvalue weighted by Gasteiger charge is 2.24. The maximum Gasteiger partial charge on any atom is 0.222 e. The summed E-state index contributed by atoms with van der Waals surface area (Å²) in [4.78, 5) is 21.8. The molecule has 176 valence electrons. The van der Waals surface area contributed by atoms with Crippen LogP contribution >= 0.6 is 11.3 Å². The fourth-order valence-corrected chi connectivity index (χ4v) is 6.25. The third-order valence-corrected chi connectivity index (χ3v) is 8.66. The van der Waals surface area contributed by atoms with Crippen LogP contribution < -0.4 is 9.64 Å². The fourth-order valence-electron chi connectivity index (χ4n) is 3.90. The summed E-state index contributed by atoms with van der Waals surface area (Å²) in [6.45, 7) is 7.10. The maximum atomic E-state index is 12.6. The molecule has 0 unspecified atom stereocenters. The van der Waals surface area contributed by atoms with Gasteiger partial charge in [-0.1, -0.05) is 35.1 Å². The summed E-state index contributed by atoms with van der Waals surface area (Å²) in [6, 6.07) is 12.8. The SMILES string of the molecule is CCOc1cccc2sc(N3CCN(C(=O)CCCS(=O)(=O)c4ccc(C)cc4)CC3)nc12. The number of amides is 1. The molecule has 0 N–H and O–H groups in total. The van der Waals surface area contributed by atoms with Gasteiger partial charge in [0.1, 0.15) is 11.3 Å². The van der Waals surface area contributed by atoms with Crippen LogP contribution in [0.5, 0.6) is 5.75 Å². The van der Waals surface area contributed by atoms with Crippen molar-refractivity contribution in [3.8, 4) is 5.75 Å². The van der Waals surface area contributed by atoms with Gasteiger partial charge in [0, 0.05) is 32.6 Å².